The molecule has 5 heteroatoms. The lowest BCUT2D eigenvalue weighted by atomic mass is 9.94. The maximum atomic E-state index is 12.1. The normalized spacial score (nSPS) is 20.8. The van der Waals surface area contributed by atoms with Crippen molar-refractivity contribution in [3.05, 3.63) is 0 Å². The van der Waals surface area contributed by atoms with Crippen molar-refractivity contribution in [1.82, 2.24) is 5.32 Å². The van der Waals surface area contributed by atoms with E-state index in [4.69, 9.17) is 14.2 Å². The van der Waals surface area contributed by atoms with Crippen molar-refractivity contribution in [1.29, 1.82) is 0 Å². The summed E-state index contributed by atoms with van der Waals surface area (Å²) in [5.74, 6) is 0.377. The molecule has 2 atom stereocenters. The van der Waals surface area contributed by atoms with Crippen molar-refractivity contribution in [2.75, 3.05) is 33.0 Å². The second-order valence-electron chi connectivity index (χ2n) is 5.99. The van der Waals surface area contributed by atoms with E-state index in [1.54, 1.807) is 0 Å². The van der Waals surface area contributed by atoms with Gasteiger partial charge in [0.2, 0.25) is 0 Å². The zero-order chi connectivity index (χ0) is 15.7. The summed E-state index contributed by atoms with van der Waals surface area (Å²) >= 11 is 0. The second-order valence-corrected chi connectivity index (χ2v) is 5.99. The van der Waals surface area contributed by atoms with Crippen molar-refractivity contribution in [3.8, 4) is 0 Å². The van der Waals surface area contributed by atoms with Gasteiger partial charge in [0.1, 0.15) is 5.54 Å². The molecular weight excluding hydrogens is 270 g/mol. The Labute approximate surface area is 128 Å². The van der Waals surface area contributed by atoms with Crippen LogP contribution in [-0.2, 0) is 19.0 Å². The first-order valence-electron chi connectivity index (χ1n) is 8.13. The van der Waals surface area contributed by atoms with Crippen molar-refractivity contribution in [2.45, 2.75) is 58.6 Å². The maximum Gasteiger partial charge on any atom is 0.326 e. The van der Waals surface area contributed by atoms with Crippen molar-refractivity contribution < 1.29 is 19.0 Å². The molecule has 0 bridgehead atoms. The molecule has 0 aromatic carbocycles. The second kappa shape index (κ2) is 9.38. The highest BCUT2D eigenvalue weighted by molar-refractivity contribution is 5.80. The number of rotatable bonds is 9. The Bertz CT molecular complexity index is 305. The van der Waals surface area contributed by atoms with Crippen LogP contribution >= 0.6 is 0 Å². The Kier molecular flexibility index (Phi) is 8.22. The van der Waals surface area contributed by atoms with Crippen LogP contribution in [-0.4, -0.2) is 50.6 Å². The van der Waals surface area contributed by atoms with E-state index in [-0.39, 0.29) is 12.1 Å². The van der Waals surface area contributed by atoms with E-state index in [9.17, 15) is 4.79 Å². The number of carbonyl (C=O) groups is 1. The van der Waals surface area contributed by atoms with Gasteiger partial charge < -0.3 is 19.5 Å². The number of ether oxygens (including phenoxy) is 3. The predicted molar refractivity (Wildman–Crippen MR) is 82.3 cm³/mol. The lowest BCUT2D eigenvalue weighted by Gasteiger charge is -2.31. The topological polar surface area (TPSA) is 56.8 Å². The molecule has 1 aliphatic heterocycles. The highest BCUT2D eigenvalue weighted by Crippen LogP contribution is 2.20. The van der Waals surface area contributed by atoms with Crippen LogP contribution in [0.25, 0.3) is 0 Å². The van der Waals surface area contributed by atoms with Crippen LogP contribution in [0, 0.1) is 5.92 Å². The molecule has 5 nitrogen and oxygen atoms in total. The quantitative estimate of drug-likeness (QED) is 0.661. The monoisotopic (exact) mass is 301 g/mol. The largest absolute Gasteiger partial charge is 0.465 e. The summed E-state index contributed by atoms with van der Waals surface area (Å²) in [5, 5.41) is 3.24. The fourth-order valence-electron chi connectivity index (χ4n) is 2.76. The first-order valence-corrected chi connectivity index (χ1v) is 8.13. The van der Waals surface area contributed by atoms with Gasteiger partial charge in [-0.25, -0.2) is 0 Å². The standard InChI is InChI=1S/C16H31NO4/c1-5-17-16(4,15(18)20-6-2)11-13(3)21-12-14-7-9-19-10-8-14/h13-14,17H,5-12H2,1-4H3. The Hall–Kier alpha value is -0.650. The lowest BCUT2D eigenvalue weighted by Crippen LogP contribution is -2.52. The molecule has 1 rings (SSSR count). The SMILES string of the molecule is CCNC(C)(CC(C)OCC1CCOCC1)C(=O)OCC. The highest BCUT2D eigenvalue weighted by Gasteiger charge is 2.35. The number of likely N-dealkylation sites (N-methyl/N-ethyl adjacent to an activating group) is 1. The van der Waals surface area contributed by atoms with E-state index in [2.05, 4.69) is 5.32 Å². The van der Waals surface area contributed by atoms with Gasteiger partial charge in [-0.15, -0.1) is 0 Å². The summed E-state index contributed by atoms with van der Waals surface area (Å²) in [6.07, 6.45) is 2.76. The molecule has 124 valence electrons. The van der Waals surface area contributed by atoms with E-state index in [0.29, 0.717) is 18.9 Å². The minimum absolute atomic E-state index is 0.0151. The minimum Gasteiger partial charge on any atom is -0.465 e. The number of hydrogen-bond donors (Lipinski definition) is 1. The molecule has 0 radical (unpaired) electrons. The third-order valence-electron chi connectivity index (χ3n) is 3.95. The molecule has 1 N–H and O–H groups in total. The zero-order valence-corrected chi connectivity index (χ0v) is 13.9. The van der Waals surface area contributed by atoms with E-state index < -0.39 is 5.54 Å². The van der Waals surface area contributed by atoms with Gasteiger partial charge >= 0.3 is 5.97 Å². The molecule has 1 saturated heterocycles. The van der Waals surface area contributed by atoms with Gasteiger partial charge in [-0.3, -0.25) is 4.79 Å². The van der Waals surface area contributed by atoms with Crippen LogP contribution in [0.4, 0.5) is 0 Å². The number of esters is 1. The van der Waals surface area contributed by atoms with Gasteiger partial charge in [-0.1, -0.05) is 6.92 Å². The fraction of sp³-hybridized carbons (Fsp3) is 0.938. The Balaban J connectivity index is 2.43. The Morgan fingerprint density at radius 1 is 1.38 bits per heavy atom. The van der Waals surface area contributed by atoms with Crippen molar-refractivity contribution in [3.63, 3.8) is 0 Å². The van der Waals surface area contributed by atoms with Crippen LogP contribution in [0.1, 0.15) is 47.0 Å². The van der Waals surface area contributed by atoms with Crippen LogP contribution < -0.4 is 5.32 Å². The molecule has 0 saturated carbocycles. The van der Waals surface area contributed by atoms with Crippen molar-refractivity contribution in [2.24, 2.45) is 5.92 Å². The summed E-state index contributed by atoms with van der Waals surface area (Å²) in [5.41, 5.74) is -0.681. The van der Waals surface area contributed by atoms with Gasteiger partial charge in [0.25, 0.3) is 0 Å². The predicted octanol–water partition coefficient (Wildman–Crippen LogP) is 2.14. The number of hydrogen-bond acceptors (Lipinski definition) is 5. The molecule has 0 spiro atoms. The molecule has 0 aromatic heterocycles. The summed E-state index contributed by atoms with van der Waals surface area (Å²) in [4.78, 5) is 12.1. The molecule has 1 fully saturated rings. The molecule has 1 aliphatic rings. The average Bonchev–Trinajstić information content (AvgIpc) is 2.46. The molecule has 1 heterocycles. The zero-order valence-electron chi connectivity index (χ0n) is 13.9. The molecule has 0 aliphatic carbocycles. The van der Waals surface area contributed by atoms with Crippen LogP contribution in [0.15, 0.2) is 0 Å². The molecule has 21 heavy (non-hydrogen) atoms. The van der Waals surface area contributed by atoms with Gasteiger partial charge in [0.05, 0.1) is 12.7 Å². The first-order chi connectivity index (χ1) is 10.0. The van der Waals surface area contributed by atoms with E-state index in [1.165, 1.54) is 0 Å². The van der Waals surface area contributed by atoms with Gasteiger partial charge in [0.15, 0.2) is 0 Å². The summed E-state index contributed by atoms with van der Waals surface area (Å²) in [6, 6.07) is 0. The third kappa shape index (κ3) is 6.32. The van der Waals surface area contributed by atoms with Crippen LogP contribution in [0.5, 0.6) is 0 Å². The summed E-state index contributed by atoms with van der Waals surface area (Å²) < 4.78 is 16.5. The van der Waals surface area contributed by atoms with Crippen LogP contribution in [0.3, 0.4) is 0 Å². The molecule has 2 unspecified atom stereocenters. The average molecular weight is 301 g/mol. The van der Waals surface area contributed by atoms with Gasteiger partial charge in [0, 0.05) is 26.2 Å². The third-order valence-corrected chi connectivity index (χ3v) is 3.95. The number of carbonyl (C=O) groups excluding carboxylic acids is 1. The molecule has 0 aromatic rings. The van der Waals surface area contributed by atoms with Crippen LogP contribution in [0.2, 0.25) is 0 Å². The molecular formula is C16H31NO4. The molecule has 0 amide bonds. The van der Waals surface area contributed by atoms with Crippen molar-refractivity contribution >= 4 is 5.97 Å². The Morgan fingerprint density at radius 2 is 2.05 bits per heavy atom. The Morgan fingerprint density at radius 3 is 2.62 bits per heavy atom. The summed E-state index contributed by atoms with van der Waals surface area (Å²) in [6.45, 7) is 11.3. The van der Waals surface area contributed by atoms with Gasteiger partial charge in [-0.05, 0) is 46.1 Å². The van der Waals surface area contributed by atoms with E-state index in [1.807, 2.05) is 27.7 Å². The maximum absolute atomic E-state index is 12.1. The highest BCUT2D eigenvalue weighted by atomic mass is 16.5. The van der Waals surface area contributed by atoms with Gasteiger partial charge in [-0.2, -0.15) is 0 Å². The van der Waals surface area contributed by atoms with E-state index in [0.717, 1.165) is 39.2 Å². The summed E-state index contributed by atoms with van der Waals surface area (Å²) in [7, 11) is 0. The minimum atomic E-state index is -0.681. The lowest BCUT2D eigenvalue weighted by molar-refractivity contribution is -0.152. The fourth-order valence-corrected chi connectivity index (χ4v) is 2.76. The first kappa shape index (κ1) is 18.4. The van der Waals surface area contributed by atoms with E-state index >= 15 is 0 Å². The smallest absolute Gasteiger partial charge is 0.326 e. The number of nitrogens with one attached hydrogen (secondary N) is 1.